The molecule has 4 rings (SSSR count). The third-order valence-corrected chi connectivity index (χ3v) is 4.61. The van der Waals surface area contributed by atoms with E-state index in [1.54, 1.807) is 31.5 Å². The number of rotatable bonds is 4. The number of pyridine rings is 2. The molecule has 0 aliphatic rings. The Morgan fingerprint density at radius 2 is 1.97 bits per heavy atom. The number of urea groups is 1. The molecule has 2 amide bonds. The van der Waals surface area contributed by atoms with Crippen LogP contribution in [0.3, 0.4) is 0 Å². The topological polar surface area (TPSA) is 71.3 Å². The van der Waals surface area contributed by atoms with Gasteiger partial charge in [0.05, 0.1) is 17.6 Å². The second-order valence-electron chi connectivity index (χ2n) is 6.68. The highest BCUT2D eigenvalue weighted by atomic mass is 19.1. The van der Waals surface area contributed by atoms with Crippen molar-refractivity contribution in [3.05, 3.63) is 72.6 Å². The molecule has 0 aliphatic carbocycles. The molecule has 0 bridgehead atoms. The first kappa shape index (κ1) is 18.6. The molecule has 29 heavy (non-hydrogen) atoms. The van der Waals surface area contributed by atoms with Gasteiger partial charge < -0.3 is 15.0 Å². The van der Waals surface area contributed by atoms with E-state index in [1.807, 2.05) is 41.9 Å². The maximum atomic E-state index is 13.8. The summed E-state index contributed by atoms with van der Waals surface area (Å²) < 4.78 is 15.7. The van der Waals surface area contributed by atoms with Crippen LogP contribution in [0.5, 0.6) is 0 Å². The molecule has 6 nitrogen and oxygen atoms in total. The van der Waals surface area contributed by atoms with Crippen LogP contribution in [0.1, 0.15) is 12.5 Å². The summed E-state index contributed by atoms with van der Waals surface area (Å²) in [4.78, 5) is 20.8. The SMILES string of the molecule is CCNC(=O)Nc1cnc(-c2ccc(F)c(C)c2)c(-c2ccc3nccn3c2)c1. The monoisotopic (exact) mass is 389 g/mol. The number of carbonyl (C=O) groups excluding carboxylic acids is 1. The van der Waals surface area contributed by atoms with Crippen LogP contribution in [-0.4, -0.2) is 26.9 Å². The van der Waals surface area contributed by atoms with E-state index in [0.29, 0.717) is 23.5 Å². The standard InChI is InChI=1S/C22H20FN5O/c1-3-24-22(29)27-17-11-18(16-5-7-20-25-8-9-28(20)13-16)21(26-12-17)15-4-6-19(23)14(2)10-15/h4-13H,3H2,1-2H3,(H2,24,27,29). The lowest BCUT2D eigenvalue weighted by molar-refractivity contribution is 0.252. The number of fused-ring (bicyclic) bond motifs is 1. The molecule has 2 N–H and O–H groups in total. The summed E-state index contributed by atoms with van der Waals surface area (Å²) >= 11 is 0. The van der Waals surface area contributed by atoms with Gasteiger partial charge in [-0.05, 0) is 55.8 Å². The fourth-order valence-electron chi connectivity index (χ4n) is 3.19. The molecule has 0 spiro atoms. The Labute approximate surface area is 167 Å². The third-order valence-electron chi connectivity index (χ3n) is 4.61. The summed E-state index contributed by atoms with van der Waals surface area (Å²) in [5, 5.41) is 5.49. The van der Waals surface area contributed by atoms with E-state index in [2.05, 4.69) is 20.6 Å². The first-order valence-electron chi connectivity index (χ1n) is 9.29. The van der Waals surface area contributed by atoms with Gasteiger partial charge in [-0.1, -0.05) is 0 Å². The number of benzene rings is 1. The van der Waals surface area contributed by atoms with Crippen molar-refractivity contribution >= 4 is 17.4 Å². The number of amides is 2. The maximum absolute atomic E-state index is 13.8. The highest BCUT2D eigenvalue weighted by molar-refractivity contribution is 5.91. The normalized spacial score (nSPS) is 10.9. The van der Waals surface area contributed by atoms with Crippen LogP contribution in [0.4, 0.5) is 14.9 Å². The first-order chi connectivity index (χ1) is 14.0. The van der Waals surface area contributed by atoms with Gasteiger partial charge in [0.15, 0.2) is 0 Å². The summed E-state index contributed by atoms with van der Waals surface area (Å²) in [5.41, 5.74) is 5.17. The Hall–Kier alpha value is -3.74. The molecule has 3 aromatic heterocycles. The zero-order valence-corrected chi connectivity index (χ0v) is 16.1. The number of hydrogen-bond donors (Lipinski definition) is 2. The minimum Gasteiger partial charge on any atom is -0.338 e. The number of nitrogens with zero attached hydrogens (tertiary/aromatic N) is 3. The zero-order valence-electron chi connectivity index (χ0n) is 16.1. The predicted octanol–water partition coefficient (Wildman–Crippen LogP) is 4.65. The van der Waals surface area contributed by atoms with E-state index in [9.17, 15) is 9.18 Å². The van der Waals surface area contributed by atoms with E-state index in [0.717, 1.165) is 22.3 Å². The van der Waals surface area contributed by atoms with E-state index >= 15 is 0 Å². The van der Waals surface area contributed by atoms with Gasteiger partial charge in [0.2, 0.25) is 0 Å². The summed E-state index contributed by atoms with van der Waals surface area (Å²) in [7, 11) is 0. The van der Waals surface area contributed by atoms with Crippen LogP contribution in [0, 0.1) is 12.7 Å². The Kier molecular flexibility index (Phi) is 4.95. The van der Waals surface area contributed by atoms with Crippen molar-refractivity contribution in [1.82, 2.24) is 19.7 Å². The fourth-order valence-corrected chi connectivity index (χ4v) is 3.19. The van der Waals surface area contributed by atoms with Crippen LogP contribution in [-0.2, 0) is 0 Å². The highest BCUT2D eigenvalue weighted by Gasteiger charge is 2.14. The Balaban J connectivity index is 1.85. The molecule has 0 radical (unpaired) electrons. The van der Waals surface area contributed by atoms with Gasteiger partial charge in [0.25, 0.3) is 0 Å². The summed E-state index contributed by atoms with van der Waals surface area (Å²) in [6.45, 7) is 4.10. The van der Waals surface area contributed by atoms with Gasteiger partial charge >= 0.3 is 6.03 Å². The second kappa shape index (κ2) is 7.71. The molecular formula is C22H20FN5O. The number of anilines is 1. The average molecular weight is 389 g/mol. The number of imidazole rings is 1. The van der Waals surface area contributed by atoms with Crippen molar-refractivity contribution in [3.63, 3.8) is 0 Å². The largest absolute Gasteiger partial charge is 0.338 e. The number of aromatic nitrogens is 3. The molecule has 7 heteroatoms. The molecule has 0 aliphatic heterocycles. The predicted molar refractivity (Wildman–Crippen MR) is 111 cm³/mol. The van der Waals surface area contributed by atoms with Crippen LogP contribution < -0.4 is 10.6 Å². The van der Waals surface area contributed by atoms with E-state index in [4.69, 9.17) is 0 Å². The van der Waals surface area contributed by atoms with Crippen molar-refractivity contribution in [1.29, 1.82) is 0 Å². The second-order valence-corrected chi connectivity index (χ2v) is 6.68. The molecule has 146 valence electrons. The first-order valence-corrected chi connectivity index (χ1v) is 9.29. The minimum atomic E-state index is -0.296. The van der Waals surface area contributed by atoms with Crippen molar-refractivity contribution < 1.29 is 9.18 Å². The van der Waals surface area contributed by atoms with Gasteiger partial charge in [-0.2, -0.15) is 0 Å². The molecule has 0 saturated heterocycles. The van der Waals surface area contributed by atoms with Crippen LogP contribution in [0.2, 0.25) is 0 Å². The fraction of sp³-hybridized carbons (Fsp3) is 0.136. The number of carbonyl (C=O) groups is 1. The molecule has 4 aromatic rings. The highest BCUT2D eigenvalue weighted by Crippen LogP contribution is 2.33. The van der Waals surface area contributed by atoms with E-state index < -0.39 is 0 Å². The number of nitrogens with one attached hydrogen (secondary N) is 2. The summed E-state index contributed by atoms with van der Waals surface area (Å²) in [6.07, 6.45) is 7.15. The Bertz CT molecular complexity index is 1200. The van der Waals surface area contributed by atoms with Gasteiger partial charge in [0.1, 0.15) is 11.5 Å². The summed E-state index contributed by atoms with van der Waals surface area (Å²) in [6, 6.07) is 10.4. The molecule has 0 saturated carbocycles. The lowest BCUT2D eigenvalue weighted by Crippen LogP contribution is -2.28. The molecule has 3 heterocycles. The van der Waals surface area contributed by atoms with Crippen molar-refractivity contribution in [2.24, 2.45) is 0 Å². The van der Waals surface area contributed by atoms with Crippen molar-refractivity contribution in [2.45, 2.75) is 13.8 Å². The van der Waals surface area contributed by atoms with Crippen molar-refractivity contribution in [2.75, 3.05) is 11.9 Å². The molecule has 1 aromatic carbocycles. The van der Waals surface area contributed by atoms with E-state index in [1.165, 1.54) is 6.07 Å². The van der Waals surface area contributed by atoms with Gasteiger partial charge in [0, 0.05) is 41.8 Å². The van der Waals surface area contributed by atoms with Crippen LogP contribution in [0.15, 0.2) is 61.2 Å². The lowest BCUT2D eigenvalue weighted by Gasteiger charge is -2.13. The van der Waals surface area contributed by atoms with Crippen LogP contribution >= 0.6 is 0 Å². The number of halogens is 1. The number of hydrogen-bond acceptors (Lipinski definition) is 3. The minimum absolute atomic E-state index is 0.260. The van der Waals surface area contributed by atoms with Crippen LogP contribution in [0.25, 0.3) is 28.0 Å². The van der Waals surface area contributed by atoms with E-state index in [-0.39, 0.29) is 11.8 Å². The van der Waals surface area contributed by atoms with Crippen molar-refractivity contribution in [3.8, 4) is 22.4 Å². The Morgan fingerprint density at radius 1 is 1.14 bits per heavy atom. The number of aryl methyl sites for hydroxylation is 1. The zero-order chi connectivity index (χ0) is 20.4. The summed E-state index contributed by atoms with van der Waals surface area (Å²) in [5.74, 6) is -0.260. The molecule has 0 atom stereocenters. The molecular weight excluding hydrogens is 369 g/mol. The lowest BCUT2D eigenvalue weighted by atomic mass is 9.99. The van der Waals surface area contributed by atoms with Gasteiger partial charge in [-0.15, -0.1) is 0 Å². The third kappa shape index (κ3) is 3.80. The maximum Gasteiger partial charge on any atom is 0.319 e. The molecule has 0 unspecified atom stereocenters. The quantitative estimate of drug-likeness (QED) is 0.534. The van der Waals surface area contributed by atoms with Gasteiger partial charge in [-0.3, -0.25) is 4.98 Å². The average Bonchev–Trinajstić information content (AvgIpc) is 3.18. The molecule has 0 fully saturated rings. The Morgan fingerprint density at radius 3 is 2.76 bits per heavy atom. The smallest absolute Gasteiger partial charge is 0.319 e. The van der Waals surface area contributed by atoms with Gasteiger partial charge in [-0.25, -0.2) is 14.2 Å².